The monoisotopic (exact) mass is 448 g/mol. The number of nitrogens with one attached hydrogen (secondary N) is 1. The summed E-state index contributed by atoms with van der Waals surface area (Å²) in [5.41, 5.74) is 2.83. The van der Waals surface area contributed by atoms with Crippen LogP contribution in [-0.4, -0.2) is 58.7 Å². The van der Waals surface area contributed by atoms with Gasteiger partial charge in [0, 0.05) is 43.9 Å². The summed E-state index contributed by atoms with van der Waals surface area (Å²) < 4.78 is 0. The van der Waals surface area contributed by atoms with E-state index in [2.05, 4.69) is 10.3 Å². The lowest BCUT2D eigenvalue weighted by Gasteiger charge is -2.37. The maximum atomic E-state index is 13.2. The number of aryl methyl sites for hydroxylation is 2. The van der Waals surface area contributed by atoms with E-state index in [4.69, 9.17) is 0 Å². The Bertz CT molecular complexity index is 995. The fraction of sp³-hybridized carbons (Fsp3) is 0.462. The van der Waals surface area contributed by atoms with Crippen molar-refractivity contribution in [3.8, 4) is 0 Å². The molecule has 7 heteroatoms. The number of amides is 3. The number of benzene rings is 1. The first kappa shape index (κ1) is 23.0. The number of anilines is 1. The molecule has 0 radical (unpaired) electrons. The van der Waals surface area contributed by atoms with E-state index >= 15 is 0 Å². The summed E-state index contributed by atoms with van der Waals surface area (Å²) in [6.45, 7) is 6.24. The predicted octanol–water partition coefficient (Wildman–Crippen LogP) is 3.43. The number of piperidine rings is 2. The number of nitrogens with zero attached hydrogens (tertiary/aromatic N) is 3. The van der Waals surface area contributed by atoms with Gasteiger partial charge in [0.25, 0.3) is 5.91 Å². The highest BCUT2D eigenvalue weighted by Gasteiger charge is 2.34. The number of aromatic nitrogens is 1. The van der Waals surface area contributed by atoms with Crippen molar-refractivity contribution in [2.75, 3.05) is 31.5 Å². The number of carbonyl (C=O) groups is 3. The molecular weight excluding hydrogens is 416 g/mol. The molecule has 1 unspecified atom stereocenters. The number of hydrogen-bond donors (Lipinski definition) is 1. The highest BCUT2D eigenvalue weighted by atomic mass is 16.2. The van der Waals surface area contributed by atoms with Crippen molar-refractivity contribution >= 4 is 23.5 Å². The minimum atomic E-state index is -0.171. The third-order valence-corrected chi connectivity index (χ3v) is 6.70. The summed E-state index contributed by atoms with van der Waals surface area (Å²) in [5, 5.41) is 2.89. The average molecular weight is 449 g/mol. The van der Waals surface area contributed by atoms with Gasteiger partial charge < -0.3 is 15.1 Å². The molecule has 1 aromatic heterocycles. The molecule has 2 aliphatic heterocycles. The molecule has 7 nitrogen and oxygen atoms in total. The van der Waals surface area contributed by atoms with Gasteiger partial charge in [-0.05, 0) is 63.3 Å². The molecule has 0 saturated carbocycles. The third-order valence-electron chi connectivity index (χ3n) is 6.70. The second kappa shape index (κ2) is 10.1. The van der Waals surface area contributed by atoms with Crippen molar-refractivity contribution < 1.29 is 14.4 Å². The van der Waals surface area contributed by atoms with Crippen LogP contribution in [0, 0.1) is 25.7 Å². The quantitative estimate of drug-likeness (QED) is 0.777. The van der Waals surface area contributed by atoms with Gasteiger partial charge in [-0.2, -0.15) is 0 Å². The van der Waals surface area contributed by atoms with Crippen molar-refractivity contribution in [2.45, 2.75) is 39.5 Å². The van der Waals surface area contributed by atoms with E-state index in [0.29, 0.717) is 50.4 Å². The molecule has 1 aromatic carbocycles. The lowest BCUT2D eigenvalue weighted by molar-refractivity contribution is -0.139. The first-order valence-corrected chi connectivity index (χ1v) is 11.8. The van der Waals surface area contributed by atoms with Gasteiger partial charge in [0.2, 0.25) is 11.8 Å². The molecule has 33 heavy (non-hydrogen) atoms. The first-order chi connectivity index (χ1) is 15.9. The fourth-order valence-electron chi connectivity index (χ4n) is 4.63. The van der Waals surface area contributed by atoms with Crippen molar-refractivity contribution in [3.63, 3.8) is 0 Å². The van der Waals surface area contributed by atoms with Gasteiger partial charge >= 0.3 is 0 Å². The Morgan fingerprint density at radius 1 is 0.848 bits per heavy atom. The summed E-state index contributed by atoms with van der Waals surface area (Å²) >= 11 is 0. The Morgan fingerprint density at radius 3 is 2.21 bits per heavy atom. The maximum absolute atomic E-state index is 13.2. The minimum absolute atomic E-state index is 0.00686. The van der Waals surface area contributed by atoms with Crippen molar-refractivity contribution in [3.05, 3.63) is 59.3 Å². The Kier molecular flexibility index (Phi) is 7.06. The van der Waals surface area contributed by atoms with Gasteiger partial charge in [0.05, 0.1) is 5.92 Å². The summed E-state index contributed by atoms with van der Waals surface area (Å²) in [6, 6.07) is 11.3. The summed E-state index contributed by atoms with van der Waals surface area (Å²) in [4.78, 5) is 46.6. The average Bonchev–Trinajstić information content (AvgIpc) is 2.85. The molecule has 0 spiro atoms. The lowest BCUT2D eigenvalue weighted by atomic mass is 9.92. The van der Waals surface area contributed by atoms with Crippen molar-refractivity contribution in [1.29, 1.82) is 0 Å². The highest BCUT2D eigenvalue weighted by Crippen LogP contribution is 2.25. The van der Waals surface area contributed by atoms with E-state index in [1.165, 1.54) is 0 Å². The highest BCUT2D eigenvalue weighted by molar-refractivity contribution is 5.95. The minimum Gasteiger partial charge on any atom is -0.342 e. The molecule has 174 valence electrons. The number of likely N-dealkylation sites (tertiary alicyclic amines) is 2. The van der Waals surface area contributed by atoms with Gasteiger partial charge in [-0.3, -0.25) is 14.4 Å². The molecule has 1 N–H and O–H groups in total. The van der Waals surface area contributed by atoms with Crippen LogP contribution in [0.3, 0.4) is 0 Å². The van der Waals surface area contributed by atoms with Crippen LogP contribution in [0.5, 0.6) is 0 Å². The Morgan fingerprint density at radius 2 is 1.55 bits per heavy atom. The zero-order chi connectivity index (χ0) is 23.4. The smallest absolute Gasteiger partial charge is 0.253 e. The summed E-state index contributed by atoms with van der Waals surface area (Å²) in [7, 11) is 0. The molecule has 2 aliphatic rings. The van der Waals surface area contributed by atoms with E-state index in [0.717, 1.165) is 24.0 Å². The molecular formula is C26H32N4O3. The van der Waals surface area contributed by atoms with Crippen LogP contribution in [0.25, 0.3) is 0 Å². The number of rotatable bonds is 4. The molecule has 4 rings (SSSR count). The Balaban J connectivity index is 1.29. The molecule has 2 aromatic rings. The number of hydrogen-bond acceptors (Lipinski definition) is 4. The molecule has 3 heterocycles. The summed E-state index contributed by atoms with van der Waals surface area (Å²) in [6.07, 6.45) is 4.64. The second-order valence-corrected chi connectivity index (χ2v) is 9.27. The largest absolute Gasteiger partial charge is 0.342 e. The molecule has 3 amide bonds. The first-order valence-electron chi connectivity index (χ1n) is 11.8. The van der Waals surface area contributed by atoms with Crippen LogP contribution < -0.4 is 5.32 Å². The van der Waals surface area contributed by atoms with Crippen LogP contribution in [-0.2, 0) is 9.59 Å². The Hall–Kier alpha value is -3.22. The van der Waals surface area contributed by atoms with Gasteiger partial charge in [-0.1, -0.05) is 23.8 Å². The van der Waals surface area contributed by atoms with Gasteiger partial charge in [-0.25, -0.2) is 4.98 Å². The number of pyridine rings is 1. The van der Waals surface area contributed by atoms with E-state index in [1.807, 2.05) is 54.0 Å². The molecule has 0 bridgehead atoms. The lowest BCUT2D eigenvalue weighted by Crippen LogP contribution is -2.49. The van der Waals surface area contributed by atoms with Crippen LogP contribution in [0.1, 0.15) is 47.2 Å². The molecule has 0 aliphatic carbocycles. The SMILES string of the molecule is Cc1ccc(C(=O)N2CCCC(C(=O)N3CCC(C(=O)Nc4ccc(C)cn4)CC3)C2)cc1. The van der Waals surface area contributed by atoms with Crippen LogP contribution >= 0.6 is 0 Å². The zero-order valence-electron chi connectivity index (χ0n) is 19.4. The van der Waals surface area contributed by atoms with Crippen molar-refractivity contribution in [2.24, 2.45) is 11.8 Å². The summed E-state index contributed by atoms with van der Waals surface area (Å²) in [5.74, 6) is 0.331. The van der Waals surface area contributed by atoms with E-state index in [1.54, 1.807) is 12.3 Å². The molecule has 1 atom stereocenters. The number of carbonyl (C=O) groups excluding carboxylic acids is 3. The molecule has 2 fully saturated rings. The predicted molar refractivity (Wildman–Crippen MR) is 127 cm³/mol. The maximum Gasteiger partial charge on any atom is 0.253 e. The van der Waals surface area contributed by atoms with Crippen LogP contribution in [0.4, 0.5) is 5.82 Å². The third kappa shape index (κ3) is 5.59. The van der Waals surface area contributed by atoms with Crippen LogP contribution in [0.2, 0.25) is 0 Å². The van der Waals surface area contributed by atoms with Gasteiger partial charge in [-0.15, -0.1) is 0 Å². The van der Waals surface area contributed by atoms with E-state index in [-0.39, 0.29) is 29.6 Å². The zero-order valence-corrected chi connectivity index (χ0v) is 19.4. The van der Waals surface area contributed by atoms with E-state index in [9.17, 15) is 14.4 Å². The topological polar surface area (TPSA) is 82.6 Å². The van der Waals surface area contributed by atoms with Crippen LogP contribution in [0.15, 0.2) is 42.6 Å². The van der Waals surface area contributed by atoms with Gasteiger partial charge in [0.1, 0.15) is 5.82 Å². The van der Waals surface area contributed by atoms with Gasteiger partial charge in [0.15, 0.2) is 0 Å². The standard InChI is InChI=1S/C26H32N4O3/c1-18-5-8-21(9-6-18)25(32)30-13-3-4-22(17-30)26(33)29-14-11-20(12-15-29)24(31)28-23-10-7-19(2)16-27-23/h5-10,16,20,22H,3-4,11-15,17H2,1-2H3,(H,27,28,31). The normalized spacial score (nSPS) is 19.3. The molecule has 2 saturated heterocycles. The second-order valence-electron chi connectivity index (χ2n) is 9.27. The van der Waals surface area contributed by atoms with Crippen molar-refractivity contribution in [1.82, 2.24) is 14.8 Å². The Labute approximate surface area is 195 Å². The van der Waals surface area contributed by atoms with E-state index < -0.39 is 0 Å². The fourth-order valence-corrected chi connectivity index (χ4v) is 4.63.